The van der Waals surface area contributed by atoms with Gasteiger partial charge in [-0.25, -0.2) is 0 Å². The Morgan fingerprint density at radius 1 is 1.40 bits per heavy atom. The highest BCUT2D eigenvalue weighted by Gasteiger charge is 2.07. The number of nitrogen functional groups attached to an aromatic ring is 1. The van der Waals surface area contributed by atoms with Gasteiger partial charge in [0.1, 0.15) is 5.75 Å². The Morgan fingerprint density at radius 3 is 2.90 bits per heavy atom. The van der Waals surface area contributed by atoms with Gasteiger partial charge in [0.15, 0.2) is 6.61 Å². The van der Waals surface area contributed by atoms with Crippen LogP contribution in [0, 0.1) is 0 Å². The van der Waals surface area contributed by atoms with Gasteiger partial charge in [0.2, 0.25) is 0 Å². The average molecular weight is 357 g/mol. The first-order valence-corrected chi connectivity index (χ1v) is 6.80. The lowest BCUT2D eigenvalue weighted by Gasteiger charge is -2.09. The van der Waals surface area contributed by atoms with Crippen molar-refractivity contribution in [1.29, 1.82) is 0 Å². The van der Waals surface area contributed by atoms with Crippen LogP contribution in [0.25, 0.3) is 0 Å². The first-order chi connectivity index (χ1) is 9.54. The Morgan fingerprint density at radius 2 is 2.20 bits per heavy atom. The molecule has 2 aromatic rings. The number of rotatable bonds is 4. The molecule has 1 aromatic heterocycles. The minimum absolute atomic E-state index is 0.139. The van der Waals surface area contributed by atoms with E-state index in [0.717, 1.165) is 4.47 Å². The number of anilines is 2. The van der Waals surface area contributed by atoms with Crippen LogP contribution in [-0.4, -0.2) is 17.5 Å². The van der Waals surface area contributed by atoms with E-state index in [1.807, 2.05) is 0 Å². The number of amides is 1. The van der Waals surface area contributed by atoms with Gasteiger partial charge < -0.3 is 15.8 Å². The van der Waals surface area contributed by atoms with E-state index in [9.17, 15) is 4.79 Å². The third-order valence-electron chi connectivity index (χ3n) is 2.34. The van der Waals surface area contributed by atoms with Crippen molar-refractivity contribution in [2.75, 3.05) is 17.7 Å². The van der Waals surface area contributed by atoms with Gasteiger partial charge in [-0.15, -0.1) is 0 Å². The molecule has 2 rings (SSSR count). The van der Waals surface area contributed by atoms with Crippen molar-refractivity contribution < 1.29 is 9.53 Å². The van der Waals surface area contributed by atoms with E-state index in [1.165, 1.54) is 6.20 Å². The maximum atomic E-state index is 11.8. The summed E-state index contributed by atoms with van der Waals surface area (Å²) in [4.78, 5) is 15.7. The second-order valence-electron chi connectivity index (χ2n) is 3.91. The molecule has 0 saturated heterocycles. The number of ether oxygens (including phenoxy) is 1. The number of hydrogen-bond donors (Lipinski definition) is 2. The van der Waals surface area contributed by atoms with Gasteiger partial charge in [0, 0.05) is 15.7 Å². The smallest absolute Gasteiger partial charge is 0.262 e. The van der Waals surface area contributed by atoms with Gasteiger partial charge in [-0.1, -0.05) is 11.6 Å². The maximum Gasteiger partial charge on any atom is 0.262 e. The fraction of sp³-hybridized carbons (Fsp3) is 0.0769. The molecular formula is C13H11BrClN3O2. The number of aromatic nitrogens is 1. The van der Waals surface area contributed by atoms with Gasteiger partial charge in [0.25, 0.3) is 5.91 Å². The number of carbonyl (C=O) groups is 1. The van der Waals surface area contributed by atoms with E-state index in [0.29, 0.717) is 22.1 Å². The van der Waals surface area contributed by atoms with Crippen LogP contribution >= 0.6 is 27.5 Å². The second-order valence-corrected chi connectivity index (χ2v) is 5.26. The molecule has 1 amide bonds. The number of carbonyl (C=O) groups excluding carboxylic acids is 1. The molecule has 0 radical (unpaired) electrons. The van der Waals surface area contributed by atoms with E-state index < -0.39 is 0 Å². The van der Waals surface area contributed by atoms with Gasteiger partial charge in [-0.05, 0) is 40.2 Å². The zero-order chi connectivity index (χ0) is 14.5. The molecule has 0 unspecified atom stereocenters. The van der Waals surface area contributed by atoms with Crippen molar-refractivity contribution in [3.8, 4) is 5.75 Å². The van der Waals surface area contributed by atoms with Gasteiger partial charge >= 0.3 is 0 Å². The lowest BCUT2D eigenvalue weighted by Crippen LogP contribution is -2.20. The van der Waals surface area contributed by atoms with Crippen molar-refractivity contribution in [3.05, 3.63) is 46.2 Å². The first kappa shape index (κ1) is 14.6. The Kier molecular flexibility index (Phi) is 4.81. The summed E-state index contributed by atoms with van der Waals surface area (Å²) in [5, 5.41) is 3.15. The molecule has 0 saturated carbocycles. The Labute approximate surface area is 129 Å². The molecular weight excluding hydrogens is 346 g/mol. The first-order valence-electron chi connectivity index (χ1n) is 5.63. The highest BCUT2D eigenvalue weighted by molar-refractivity contribution is 9.10. The van der Waals surface area contributed by atoms with Crippen LogP contribution in [0.1, 0.15) is 0 Å². The van der Waals surface area contributed by atoms with Crippen molar-refractivity contribution in [2.24, 2.45) is 0 Å². The summed E-state index contributed by atoms with van der Waals surface area (Å²) in [6, 6.07) is 6.57. The monoisotopic (exact) mass is 355 g/mol. The summed E-state index contributed by atoms with van der Waals surface area (Å²) in [6.07, 6.45) is 3.15. The number of pyridine rings is 1. The van der Waals surface area contributed by atoms with Crippen molar-refractivity contribution in [3.63, 3.8) is 0 Å². The second kappa shape index (κ2) is 6.58. The molecule has 5 nitrogen and oxygen atoms in total. The molecule has 1 heterocycles. The Hall–Kier alpha value is -1.79. The predicted octanol–water partition coefficient (Wildman–Crippen LogP) is 3.10. The molecule has 0 spiro atoms. The number of benzene rings is 1. The van der Waals surface area contributed by atoms with E-state index in [4.69, 9.17) is 22.1 Å². The van der Waals surface area contributed by atoms with Crippen molar-refractivity contribution >= 4 is 44.8 Å². The van der Waals surface area contributed by atoms with E-state index in [2.05, 4.69) is 26.2 Å². The van der Waals surface area contributed by atoms with Crippen LogP contribution < -0.4 is 15.8 Å². The summed E-state index contributed by atoms with van der Waals surface area (Å²) in [7, 11) is 0. The highest BCUT2D eigenvalue weighted by atomic mass is 79.9. The molecule has 1 aromatic carbocycles. The molecule has 0 atom stereocenters. The van der Waals surface area contributed by atoms with Crippen LogP contribution in [0.15, 0.2) is 41.1 Å². The minimum Gasteiger partial charge on any atom is -0.482 e. The number of nitrogens with two attached hydrogens (primary N) is 1. The summed E-state index contributed by atoms with van der Waals surface area (Å²) in [6.45, 7) is -0.139. The molecule has 0 aliphatic carbocycles. The topological polar surface area (TPSA) is 77.2 Å². The minimum atomic E-state index is -0.320. The number of hydrogen-bond acceptors (Lipinski definition) is 4. The summed E-state index contributed by atoms with van der Waals surface area (Å²) in [5.41, 5.74) is 6.63. The standard InChI is InChI=1S/C13H11BrClN3O2/c14-8-3-10(6-17-5-8)20-7-13(19)18-12-2-1-9(15)4-11(12)16/h1-6H,7,16H2,(H,18,19). The molecule has 104 valence electrons. The van der Waals surface area contributed by atoms with E-state index in [1.54, 1.807) is 30.5 Å². The number of halogens is 2. The normalized spacial score (nSPS) is 10.1. The van der Waals surface area contributed by atoms with Crippen molar-refractivity contribution in [1.82, 2.24) is 4.98 Å². The van der Waals surface area contributed by atoms with Crippen LogP contribution in [0.2, 0.25) is 5.02 Å². The third-order valence-corrected chi connectivity index (χ3v) is 3.01. The summed E-state index contributed by atoms with van der Waals surface area (Å²) >= 11 is 9.05. The molecule has 0 aliphatic heterocycles. The Balaban J connectivity index is 1.92. The predicted molar refractivity (Wildman–Crippen MR) is 81.9 cm³/mol. The van der Waals surface area contributed by atoms with Crippen LogP contribution in [0.4, 0.5) is 11.4 Å². The van der Waals surface area contributed by atoms with E-state index in [-0.39, 0.29) is 12.5 Å². The lowest BCUT2D eigenvalue weighted by atomic mass is 10.2. The third kappa shape index (κ3) is 4.11. The number of nitrogens with one attached hydrogen (secondary N) is 1. The highest BCUT2D eigenvalue weighted by Crippen LogP contribution is 2.22. The fourth-order valence-corrected chi connectivity index (χ4v) is 1.98. The molecule has 0 aliphatic rings. The fourth-order valence-electron chi connectivity index (χ4n) is 1.45. The van der Waals surface area contributed by atoms with E-state index >= 15 is 0 Å². The van der Waals surface area contributed by atoms with Crippen molar-refractivity contribution in [2.45, 2.75) is 0 Å². The zero-order valence-corrected chi connectivity index (χ0v) is 12.6. The molecule has 20 heavy (non-hydrogen) atoms. The maximum absolute atomic E-state index is 11.8. The SMILES string of the molecule is Nc1cc(Cl)ccc1NC(=O)COc1cncc(Br)c1. The van der Waals surface area contributed by atoms with Crippen LogP contribution in [-0.2, 0) is 4.79 Å². The average Bonchev–Trinajstić information content (AvgIpc) is 2.40. The molecule has 0 fully saturated rings. The van der Waals surface area contributed by atoms with Gasteiger partial charge in [0.05, 0.1) is 17.6 Å². The summed E-state index contributed by atoms with van der Waals surface area (Å²) < 4.78 is 6.09. The molecule has 0 bridgehead atoms. The molecule has 3 N–H and O–H groups in total. The van der Waals surface area contributed by atoms with Crippen LogP contribution in [0.3, 0.4) is 0 Å². The van der Waals surface area contributed by atoms with Crippen LogP contribution in [0.5, 0.6) is 5.75 Å². The van der Waals surface area contributed by atoms with Gasteiger partial charge in [-0.3, -0.25) is 9.78 Å². The summed E-state index contributed by atoms with van der Waals surface area (Å²) in [5.74, 6) is 0.178. The quantitative estimate of drug-likeness (QED) is 0.825. The molecule has 7 heteroatoms. The Bertz CT molecular complexity index is 637. The largest absolute Gasteiger partial charge is 0.482 e. The number of nitrogens with zero attached hydrogens (tertiary/aromatic N) is 1. The van der Waals surface area contributed by atoms with Gasteiger partial charge in [-0.2, -0.15) is 0 Å². The lowest BCUT2D eigenvalue weighted by molar-refractivity contribution is -0.118. The zero-order valence-electron chi connectivity index (χ0n) is 10.3.